The predicted octanol–water partition coefficient (Wildman–Crippen LogP) is 0.273. The molecule has 1 heterocycles. The van der Waals surface area contributed by atoms with Crippen LogP contribution in [0.5, 0.6) is 0 Å². The molecule has 1 aliphatic heterocycles. The Kier molecular flexibility index (Phi) is 9.29. The highest BCUT2D eigenvalue weighted by molar-refractivity contribution is 5.95. The van der Waals surface area contributed by atoms with E-state index in [0.717, 1.165) is 31.2 Å². The number of amidine groups is 1. The maximum absolute atomic E-state index is 12.5. The molecule has 3 aliphatic rings. The van der Waals surface area contributed by atoms with Crippen LogP contribution in [0.15, 0.2) is 41.5 Å². The highest BCUT2D eigenvalue weighted by Gasteiger charge is 2.84. The van der Waals surface area contributed by atoms with Crippen LogP contribution in [0.2, 0.25) is 0 Å². The number of hydrogen-bond donors (Lipinski definition) is 4. The molecule has 3 amide bonds. The van der Waals surface area contributed by atoms with Gasteiger partial charge in [0.2, 0.25) is 18.7 Å². The van der Waals surface area contributed by atoms with Gasteiger partial charge in [-0.1, -0.05) is 19.1 Å². The van der Waals surface area contributed by atoms with Crippen molar-refractivity contribution in [3.05, 3.63) is 42.1 Å². The number of aliphatic imine (C=N–C) groups is 1. The zero-order valence-electron chi connectivity index (χ0n) is 22.7. The Bertz CT molecular complexity index is 1030. The zero-order valence-corrected chi connectivity index (χ0v) is 22.7. The van der Waals surface area contributed by atoms with E-state index in [0.29, 0.717) is 43.5 Å². The van der Waals surface area contributed by atoms with E-state index >= 15 is 0 Å². The van der Waals surface area contributed by atoms with E-state index in [1.807, 2.05) is 12.1 Å². The van der Waals surface area contributed by atoms with E-state index < -0.39 is 5.54 Å². The molecule has 0 aromatic heterocycles. The first kappa shape index (κ1) is 29.3. The van der Waals surface area contributed by atoms with Crippen molar-refractivity contribution in [2.45, 2.75) is 51.2 Å². The Morgan fingerprint density at radius 1 is 1.13 bits per heavy atom. The van der Waals surface area contributed by atoms with Crippen molar-refractivity contribution in [1.29, 1.82) is 0 Å². The largest absolute Gasteiger partial charge is 0.372 e. The molecule has 2 aliphatic carbocycles. The lowest BCUT2D eigenvalue weighted by Crippen LogP contribution is -2.57. The first-order valence-corrected chi connectivity index (χ1v) is 13.1. The van der Waals surface area contributed by atoms with Gasteiger partial charge in [-0.05, 0) is 63.6 Å². The Morgan fingerprint density at radius 3 is 2.18 bits per heavy atom. The van der Waals surface area contributed by atoms with Crippen LogP contribution in [0.1, 0.15) is 39.2 Å². The summed E-state index contributed by atoms with van der Waals surface area (Å²) in [5.74, 6) is 0.690. The van der Waals surface area contributed by atoms with E-state index in [1.165, 1.54) is 18.4 Å². The average molecular weight is 527 g/mol. The van der Waals surface area contributed by atoms with Crippen molar-refractivity contribution in [2.24, 2.45) is 27.6 Å². The van der Waals surface area contributed by atoms with Crippen LogP contribution in [0.25, 0.3) is 0 Å². The highest BCUT2D eigenvalue weighted by Crippen LogP contribution is 2.81. The molecule has 0 atom stereocenters. The van der Waals surface area contributed by atoms with Gasteiger partial charge in [-0.15, -0.1) is 0 Å². The maximum atomic E-state index is 12.5. The van der Waals surface area contributed by atoms with Gasteiger partial charge in [0.05, 0.1) is 11.2 Å². The van der Waals surface area contributed by atoms with Gasteiger partial charge in [0.1, 0.15) is 5.84 Å². The second kappa shape index (κ2) is 12.1. The summed E-state index contributed by atoms with van der Waals surface area (Å²) in [5, 5.41) is 2.56. The summed E-state index contributed by atoms with van der Waals surface area (Å²) in [6, 6.07) is 8.35. The molecular formula is C27H42N8O3. The molecule has 208 valence electrons. The quantitative estimate of drug-likeness (QED) is 0.193. The molecule has 7 N–H and O–H groups in total. The number of nitrogens with two attached hydrogens (primary N) is 3. The van der Waals surface area contributed by atoms with E-state index in [2.05, 4.69) is 39.9 Å². The summed E-state index contributed by atoms with van der Waals surface area (Å²) in [7, 11) is 0. The smallest absolute Gasteiger partial charge is 0.242 e. The molecule has 2 saturated carbocycles. The van der Waals surface area contributed by atoms with Crippen molar-refractivity contribution in [3.8, 4) is 0 Å². The van der Waals surface area contributed by atoms with E-state index in [1.54, 1.807) is 31.0 Å². The summed E-state index contributed by atoms with van der Waals surface area (Å²) in [5.41, 5.74) is 18.1. The topological polar surface area (TPSA) is 163 Å². The van der Waals surface area contributed by atoms with Crippen LogP contribution in [0.3, 0.4) is 0 Å². The molecule has 0 radical (unpaired) electrons. The molecule has 1 aromatic rings. The van der Waals surface area contributed by atoms with Gasteiger partial charge in [0.25, 0.3) is 0 Å². The lowest BCUT2D eigenvalue weighted by atomic mass is 10.0. The Labute approximate surface area is 225 Å². The van der Waals surface area contributed by atoms with Gasteiger partial charge < -0.3 is 32.3 Å². The van der Waals surface area contributed by atoms with Gasteiger partial charge in [0.15, 0.2) is 0 Å². The maximum Gasteiger partial charge on any atom is 0.242 e. The monoisotopic (exact) mass is 526 g/mol. The number of benzene rings is 1. The second-order valence-electron chi connectivity index (χ2n) is 10.8. The minimum Gasteiger partial charge on any atom is -0.372 e. The molecule has 3 fully saturated rings. The number of nitrogens with zero attached hydrogens (tertiary/aromatic N) is 4. The number of amides is 3. The number of piperazine rings is 1. The molecule has 1 saturated heterocycles. The number of primary amides is 1. The van der Waals surface area contributed by atoms with Crippen LogP contribution < -0.4 is 22.5 Å². The first-order chi connectivity index (χ1) is 18.1. The SMILES string of the molecule is CCN(Cc1ccc(N=C(/C=C\NC=O)N2CCN(C(=O)C(C)(C)N)CC2)cc1)C12CC1(CN)C2.NC=O. The third-order valence-corrected chi connectivity index (χ3v) is 7.77. The average Bonchev–Trinajstić information content (AvgIpc) is 3.75. The van der Waals surface area contributed by atoms with Crippen LogP contribution in [-0.4, -0.2) is 89.6 Å². The van der Waals surface area contributed by atoms with E-state index in [9.17, 15) is 9.59 Å². The zero-order chi connectivity index (χ0) is 28.0. The highest BCUT2D eigenvalue weighted by atomic mass is 16.2. The molecule has 1 aromatic carbocycles. The summed E-state index contributed by atoms with van der Waals surface area (Å²) in [6.45, 7) is 10.8. The summed E-state index contributed by atoms with van der Waals surface area (Å²) in [6.07, 6.45) is 6.71. The van der Waals surface area contributed by atoms with Crippen LogP contribution >= 0.6 is 0 Å². The van der Waals surface area contributed by atoms with Gasteiger partial charge in [0, 0.05) is 49.9 Å². The van der Waals surface area contributed by atoms with Gasteiger partial charge in [-0.25, -0.2) is 4.99 Å². The van der Waals surface area contributed by atoms with Gasteiger partial charge in [-0.2, -0.15) is 0 Å². The third-order valence-electron chi connectivity index (χ3n) is 7.77. The molecule has 11 heteroatoms. The molecule has 0 spiro atoms. The molecule has 4 rings (SSSR count). The standard InChI is InChI=1S/C26H39N7O2.CH3NO/c1-4-33(26-16-25(26,17-26)18-27)15-20-5-7-21(8-6-20)30-22(9-10-29-19-34)31-11-13-32(14-12-31)23(35)24(2,3)28;2-1-3/h5-10,19H,4,11-18,27-28H2,1-3H3,(H,29,34);1H,(H2,2,3)/b10-9-,30-22?;. The Hall–Kier alpha value is -3.28. The van der Waals surface area contributed by atoms with E-state index in [4.69, 9.17) is 21.3 Å². The van der Waals surface area contributed by atoms with Gasteiger partial charge in [-0.3, -0.25) is 19.3 Å². The minimum absolute atomic E-state index is 0.0499. The summed E-state index contributed by atoms with van der Waals surface area (Å²) >= 11 is 0. The van der Waals surface area contributed by atoms with Crippen molar-refractivity contribution in [1.82, 2.24) is 20.0 Å². The Balaban J connectivity index is 0.00000127. The minimum atomic E-state index is -0.883. The number of rotatable bonds is 10. The first-order valence-electron chi connectivity index (χ1n) is 13.1. The fraction of sp³-hybridized carbons (Fsp3) is 0.556. The van der Waals surface area contributed by atoms with Crippen LogP contribution in [-0.2, 0) is 20.9 Å². The molecule has 0 bridgehead atoms. The number of fused-ring (bicyclic) bond motifs is 1. The number of hydrogen-bond acceptors (Lipinski definition) is 7. The predicted molar refractivity (Wildman–Crippen MR) is 148 cm³/mol. The van der Waals surface area contributed by atoms with Gasteiger partial charge >= 0.3 is 0 Å². The normalized spacial score (nSPS) is 24.4. The van der Waals surface area contributed by atoms with Crippen molar-refractivity contribution in [3.63, 3.8) is 0 Å². The number of carbonyl (C=O) groups is 3. The fourth-order valence-corrected chi connectivity index (χ4v) is 5.39. The second-order valence-corrected chi connectivity index (χ2v) is 10.8. The number of carbonyl (C=O) groups excluding carboxylic acids is 3. The van der Waals surface area contributed by atoms with Crippen molar-refractivity contribution < 1.29 is 14.4 Å². The lowest BCUT2D eigenvalue weighted by Gasteiger charge is -2.38. The Morgan fingerprint density at radius 2 is 1.71 bits per heavy atom. The van der Waals surface area contributed by atoms with Crippen molar-refractivity contribution >= 4 is 30.3 Å². The summed E-state index contributed by atoms with van der Waals surface area (Å²) in [4.78, 5) is 43.2. The van der Waals surface area contributed by atoms with Crippen LogP contribution in [0.4, 0.5) is 5.69 Å². The molecular weight excluding hydrogens is 484 g/mol. The fourth-order valence-electron chi connectivity index (χ4n) is 5.39. The third kappa shape index (κ3) is 6.40. The van der Waals surface area contributed by atoms with Crippen LogP contribution in [0, 0.1) is 5.41 Å². The summed E-state index contributed by atoms with van der Waals surface area (Å²) < 4.78 is 0. The number of nitrogens with one attached hydrogen (secondary N) is 1. The lowest BCUT2D eigenvalue weighted by molar-refractivity contribution is -0.137. The van der Waals surface area contributed by atoms with E-state index in [-0.39, 0.29) is 12.3 Å². The molecule has 38 heavy (non-hydrogen) atoms. The van der Waals surface area contributed by atoms with Crippen molar-refractivity contribution in [2.75, 3.05) is 39.3 Å². The molecule has 11 nitrogen and oxygen atoms in total. The molecule has 0 unspecified atom stereocenters.